The second-order valence-electron chi connectivity index (χ2n) is 4.30. The van der Waals surface area contributed by atoms with E-state index in [0.29, 0.717) is 0 Å². The Balaban J connectivity index is 2.03. The summed E-state index contributed by atoms with van der Waals surface area (Å²) in [6.07, 6.45) is 2.56. The Morgan fingerprint density at radius 3 is 2.67 bits per heavy atom. The molecule has 0 heterocycles. The van der Waals surface area contributed by atoms with E-state index in [9.17, 15) is 5.11 Å². The van der Waals surface area contributed by atoms with Gasteiger partial charge in [-0.1, -0.05) is 0 Å². The summed E-state index contributed by atoms with van der Waals surface area (Å²) in [6.45, 7) is 0.779. The summed E-state index contributed by atoms with van der Waals surface area (Å²) < 4.78 is 5.57. The molecular weight excluding hydrogens is 190 g/mol. The van der Waals surface area contributed by atoms with Gasteiger partial charge in [0.2, 0.25) is 0 Å². The molecule has 0 amide bonds. The molecule has 0 aromatic heterocycles. The fraction of sp³-hybridized carbons (Fsp3) is 0.500. The molecule has 1 N–H and O–H groups in total. The molecule has 0 aliphatic heterocycles. The lowest BCUT2D eigenvalue weighted by atomic mass is 10.2. The van der Waals surface area contributed by atoms with Gasteiger partial charge in [0.05, 0.1) is 12.3 Å². The Bertz CT molecular complexity index is 345. The lowest BCUT2D eigenvalue weighted by molar-refractivity contribution is 0.298. The van der Waals surface area contributed by atoms with Gasteiger partial charge >= 0.3 is 0 Å². The molecule has 82 valence electrons. The van der Waals surface area contributed by atoms with E-state index >= 15 is 0 Å². The molecular formula is C12H17NO2. The van der Waals surface area contributed by atoms with Crippen LogP contribution in [0.4, 0.5) is 5.69 Å². The van der Waals surface area contributed by atoms with Crippen LogP contribution in [0.5, 0.6) is 11.5 Å². The zero-order valence-electron chi connectivity index (χ0n) is 9.23. The highest BCUT2D eigenvalue weighted by molar-refractivity contribution is 5.59. The van der Waals surface area contributed by atoms with Crippen molar-refractivity contribution in [3.8, 4) is 11.5 Å². The minimum Gasteiger partial charge on any atom is -0.506 e. The molecule has 1 aliphatic carbocycles. The van der Waals surface area contributed by atoms with Crippen molar-refractivity contribution in [2.24, 2.45) is 5.92 Å². The second kappa shape index (κ2) is 4.01. The Kier molecular flexibility index (Phi) is 2.71. The zero-order chi connectivity index (χ0) is 10.8. The van der Waals surface area contributed by atoms with E-state index in [4.69, 9.17) is 4.74 Å². The highest BCUT2D eigenvalue weighted by Crippen LogP contribution is 2.32. The molecule has 1 aliphatic rings. The first-order valence-corrected chi connectivity index (χ1v) is 5.30. The number of hydrogen-bond acceptors (Lipinski definition) is 3. The van der Waals surface area contributed by atoms with Crippen LogP contribution in [0.1, 0.15) is 12.8 Å². The van der Waals surface area contributed by atoms with Crippen LogP contribution in [0.15, 0.2) is 18.2 Å². The van der Waals surface area contributed by atoms with Gasteiger partial charge in [-0.15, -0.1) is 0 Å². The van der Waals surface area contributed by atoms with Gasteiger partial charge in [0, 0.05) is 20.2 Å². The van der Waals surface area contributed by atoms with Crippen molar-refractivity contribution in [3.05, 3.63) is 18.2 Å². The molecule has 0 saturated heterocycles. The molecule has 0 atom stereocenters. The minimum atomic E-state index is 0.272. The number of nitrogens with zero attached hydrogens (tertiary/aromatic N) is 1. The topological polar surface area (TPSA) is 32.7 Å². The van der Waals surface area contributed by atoms with Gasteiger partial charge < -0.3 is 14.7 Å². The van der Waals surface area contributed by atoms with Gasteiger partial charge in [-0.05, 0) is 30.9 Å². The molecule has 0 spiro atoms. The summed E-state index contributed by atoms with van der Waals surface area (Å²) in [5, 5.41) is 9.72. The average molecular weight is 207 g/mol. The summed E-state index contributed by atoms with van der Waals surface area (Å²) in [5.41, 5.74) is 0.814. The Morgan fingerprint density at radius 2 is 2.13 bits per heavy atom. The molecule has 3 heteroatoms. The summed E-state index contributed by atoms with van der Waals surface area (Å²) in [7, 11) is 3.81. The van der Waals surface area contributed by atoms with Crippen molar-refractivity contribution in [2.45, 2.75) is 12.8 Å². The number of phenolic OH excluding ortho intramolecular Hbond substituents is 1. The number of aromatic hydroxyl groups is 1. The molecule has 1 aromatic carbocycles. The van der Waals surface area contributed by atoms with Crippen LogP contribution in [0.2, 0.25) is 0 Å². The van der Waals surface area contributed by atoms with Crippen molar-refractivity contribution in [3.63, 3.8) is 0 Å². The normalized spacial score (nSPS) is 15.1. The standard InChI is InChI=1S/C12H17NO2/c1-13(2)11-6-5-10(7-12(11)14)15-8-9-3-4-9/h5-7,9,14H,3-4,8H2,1-2H3. The molecule has 0 unspecified atom stereocenters. The molecule has 0 radical (unpaired) electrons. The van der Waals surface area contributed by atoms with Crippen LogP contribution >= 0.6 is 0 Å². The fourth-order valence-corrected chi connectivity index (χ4v) is 1.47. The molecule has 3 nitrogen and oxygen atoms in total. The third-order valence-electron chi connectivity index (χ3n) is 2.61. The summed E-state index contributed by atoms with van der Waals surface area (Å²) >= 11 is 0. The van der Waals surface area contributed by atoms with Crippen LogP contribution in [0.25, 0.3) is 0 Å². The summed E-state index contributed by atoms with van der Waals surface area (Å²) in [6, 6.07) is 5.45. The lowest BCUT2D eigenvalue weighted by Gasteiger charge is -2.15. The molecule has 1 aromatic rings. The molecule has 0 bridgehead atoms. The van der Waals surface area contributed by atoms with E-state index < -0.39 is 0 Å². The summed E-state index contributed by atoms with van der Waals surface area (Å²) in [4.78, 5) is 1.88. The van der Waals surface area contributed by atoms with Crippen LogP contribution in [0.3, 0.4) is 0 Å². The first-order valence-electron chi connectivity index (χ1n) is 5.30. The maximum absolute atomic E-state index is 9.72. The summed E-state index contributed by atoms with van der Waals surface area (Å²) in [5.74, 6) is 1.76. The minimum absolute atomic E-state index is 0.272. The third kappa shape index (κ3) is 2.55. The van der Waals surface area contributed by atoms with Crippen molar-refractivity contribution in [1.82, 2.24) is 0 Å². The molecule has 2 rings (SSSR count). The Hall–Kier alpha value is -1.38. The first-order chi connectivity index (χ1) is 7.16. The molecule has 1 fully saturated rings. The number of hydrogen-bond donors (Lipinski definition) is 1. The maximum Gasteiger partial charge on any atom is 0.142 e. The van der Waals surface area contributed by atoms with E-state index in [1.807, 2.05) is 31.1 Å². The third-order valence-corrected chi connectivity index (χ3v) is 2.61. The monoisotopic (exact) mass is 207 g/mol. The number of rotatable bonds is 4. The van der Waals surface area contributed by atoms with Crippen LogP contribution in [0, 0.1) is 5.92 Å². The SMILES string of the molecule is CN(C)c1ccc(OCC2CC2)cc1O. The number of ether oxygens (including phenoxy) is 1. The quantitative estimate of drug-likeness (QED) is 0.822. The van der Waals surface area contributed by atoms with E-state index in [1.54, 1.807) is 6.07 Å². The van der Waals surface area contributed by atoms with Gasteiger partial charge in [-0.25, -0.2) is 0 Å². The van der Waals surface area contributed by atoms with Crippen LogP contribution in [-0.2, 0) is 0 Å². The first kappa shape index (κ1) is 10.1. The van der Waals surface area contributed by atoms with Crippen molar-refractivity contribution < 1.29 is 9.84 Å². The fourth-order valence-electron chi connectivity index (χ4n) is 1.47. The van der Waals surface area contributed by atoms with Crippen molar-refractivity contribution in [1.29, 1.82) is 0 Å². The Morgan fingerprint density at radius 1 is 1.40 bits per heavy atom. The van der Waals surface area contributed by atoms with Crippen LogP contribution < -0.4 is 9.64 Å². The predicted octanol–water partition coefficient (Wildman–Crippen LogP) is 2.25. The highest BCUT2D eigenvalue weighted by Gasteiger charge is 2.22. The number of anilines is 1. The maximum atomic E-state index is 9.72. The molecule has 1 saturated carbocycles. The van der Waals surface area contributed by atoms with Crippen LogP contribution in [-0.4, -0.2) is 25.8 Å². The van der Waals surface area contributed by atoms with Crippen molar-refractivity contribution in [2.75, 3.05) is 25.6 Å². The Labute approximate surface area is 90.3 Å². The van der Waals surface area contributed by atoms with E-state index in [1.165, 1.54) is 12.8 Å². The van der Waals surface area contributed by atoms with E-state index in [-0.39, 0.29) is 5.75 Å². The smallest absolute Gasteiger partial charge is 0.142 e. The van der Waals surface area contributed by atoms with Crippen molar-refractivity contribution >= 4 is 5.69 Å². The van der Waals surface area contributed by atoms with E-state index in [2.05, 4.69) is 0 Å². The largest absolute Gasteiger partial charge is 0.506 e. The second-order valence-corrected chi connectivity index (χ2v) is 4.30. The molecule has 15 heavy (non-hydrogen) atoms. The highest BCUT2D eigenvalue weighted by atomic mass is 16.5. The number of benzene rings is 1. The zero-order valence-corrected chi connectivity index (χ0v) is 9.23. The predicted molar refractivity (Wildman–Crippen MR) is 60.7 cm³/mol. The average Bonchev–Trinajstić information content (AvgIpc) is 2.97. The van der Waals surface area contributed by atoms with Gasteiger partial charge in [0.25, 0.3) is 0 Å². The lowest BCUT2D eigenvalue weighted by Crippen LogP contribution is -2.08. The van der Waals surface area contributed by atoms with Gasteiger partial charge in [-0.3, -0.25) is 0 Å². The van der Waals surface area contributed by atoms with Gasteiger partial charge in [0.15, 0.2) is 0 Å². The van der Waals surface area contributed by atoms with Gasteiger partial charge in [0.1, 0.15) is 11.5 Å². The van der Waals surface area contributed by atoms with Gasteiger partial charge in [-0.2, -0.15) is 0 Å². The van der Waals surface area contributed by atoms with E-state index in [0.717, 1.165) is 24.0 Å². The number of phenols is 1.